The molecule has 5 heteroatoms. The fourth-order valence-corrected chi connectivity index (χ4v) is 2.41. The predicted molar refractivity (Wildman–Crippen MR) is 80.2 cm³/mol. The zero-order chi connectivity index (χ0) is 14.8. The molecule has 1 saturated heterocycles. The van der Waals surface area contributed by atoms with E-state index in [-0.39, 0.29) is 11.3 Å². The molecule has 0 aromatic carbocycles. The molecule has 2 heterocycles. The topological polar surface area (TPSA) is 49.3 Å². The predicted octanol–water partition coefficient (Wildman–Crippen LogP) is 1.99. The van der Waals surface area contributed by atoms with E-state index in [9.17, 15) is 4.79 Å². The second-order valence-electron chi connectivity index (χ2n) is 6.19. The summed E-state index contributed by atoms with van der Waals surface area (Å²) in [4.78, 5) is 24.9. The Hall–Kier alpha value is -1.49. The number of rotatable bonds is 3. The molecule has 0 bridgehead atoms. The number of Topliss-reactive ketones (excluding diaryl/α,β-unsaturated/α-hetero) is 1. The molecule has 0 N–H and O–H groups in total. The van der Waals surface area contributed by atoms with Gasteiger partial charge in [0.1, 0.15) is 0 Å². The maximum Gasteiger partial charge on any atom is 0.225 e. The molecule has 1 aromatic heterocycles. The summed E-state index contributed by atoms with van der Waals surface area (Å²) in [5.74, 6) is 0.820. The van der Waals surface area contributed by atoms with Crippen molar-refractivity contribution in [2.75, 3.05) is 31.1 Å². The van der Waals surface area contributed by atoms with E-state index in [0.717, 1.165) is 32.1 Å². The number of anilines is 1. The van der Waals surface area contributed by atoms with E-state index >= 15 is 0 Å². The van der Waals surface area contributed by atoms with Crippen molar-refractivity contribution >= 4 is 11.7 Å². The lowest BCUT2D eigenvalue weighted by atomic mass is 10.1. The van der Waals surface area contributed by atoms with E-state index < -0.39 is 0 Å². The minimum absolute atomic E-state index is 0.0918. The molecule has 0 radical (unpaired) electrons. The summed E-state index contributed by atoms with van der Waals surface area (Å²) >= 11 is 0. The first-order valence-electron chi connectivity index (χ1n) is 7.27. The van der Waals surface area contributed by atoms with Crippen molar-refractivity contribution in [3.8, 4) is 0 Å². The molecule has 1 aliphatic heterocycles. The summed E-state index contributed by atoms with van der Waals surface area (Å²) in [6.07, 6.45) is 3.78. The molecule has 0 saturated carbocycles. The van der Waals surface area contributed by atoms with Gasteiger partial charge in [-0.2, -0.15) is 0 Å². The Morgan fingerprint density at radius 3 is 2.15 bits per heavy atom. The van der Waals surface area contributed by atoms with Crippen molar-refractivity contribution in [1.82, 2.24) is 14.9 Å². The van der Waals surface area contributed by atoms with E-state index in [0.29, 0.717) is 12.0 Å². The summed E-state index contributed by atoms with van der Waals surface area (Å²) in [7, 11) is 0. The number of carbonyl (C=O) groups excluding carboxylic acids is 1. The fourth-order valence-electron chi connectivity index (χ4n) is 2.41. The van der Waals surface area contributed by atoms with E-state index in [1.165, 1.54) is 0 Å². The van der Waals surface area contributed by atoms with Crippen molar-refractivity contribution < 1.29 is 4.79 Å². The number of nitrogens with zero attached hydrogens (tertiary/aromatic N) is 4. The van der Waals surface area contributed by atoms with E-state index in [2.05, 4.69) is 40.5 Å². The Balaban J connectivity index is 1.99. The molecule has 0 unspecified atom stereocenters. The summed E-state index contributed by atoms with van der Waals surface area (Å²) in [5, 5.41) is 0. The molecular formula is C15H24N4O. The minimum Gasteiger partial charge on any atom is -0.338 e. The standard InChI is InChI=1S/C15H24N4O/c1-5-13(20)12-10-16-14(17-11-12)18-6-8-19(9-7-18)15(2,3)4/h10-11H,5-9H2,1-4H3. The highest BCUT2D eigenvalue weighted by Gasteiger charge is 2.26. The van der Waals surface area contributed by atoms with Crippen LogP contribution in [0.2, 0.25) is 0 Å². The van der Waals surface area contributed by atoms with Crippen molar-refractivity contribution in [3.05, 3.63) is 18.0 Å². The highest BCUT2D eigenvalue weighted by Crippen LogP contribution is 2.18. The lowest BCUT2D eigenvalue weighted by Gasteiger charge is -2.42. The quantitative estimate of drug-likeness (QED) is 0.790. The third-order valence-corrected chi connectivity index (χ3v) is 3.79. The number of piperazine rings is 1. The van der Waals surface area contributed by atoms with Crippen LogP contribution in [0.3, 0.4) is 0 Å². The molecule has 0 aliphatic carbocycles. The van der Waals surface area contributed by atoms with Gasteiger partial charge in [0.2, 0.25) is 5.95 Å². The second-order valence-corrected chi connectivity index (χ2v) is 6.19. The molecule has 110 valence electrons. The summed E-state index contributed by atoms with van der Waals surface area (Å²) < 4.78 is 0. The van der Waals surface area contributed by atoms with Gasteiger partial charge in [0.25, 0.3) is 0 Å². The maximum absolute atomic E-state index is 11.6. The van der Waals surface area contributed by atoms with Gasteiger partial charge in [0.05, 0.1) is 5.56 Å². The Morgan fingerprint density at radius 2 is 1.70 bits per heavy atom. The molecule has 0 spiro atoms. The molecule has 0 amide bonds. The van der Waals surface area contributed by atoms with Crippen LogP contribution in [-0.4, -0.2) is 52.4 Å². The van der Waals surface area contributed by atoms with Gasteiger partial charge in [-0.15, -0.1) is 0 Å². The van der Waals surface area contributed by atoms with Crippen molar-refractivity contribution in [2.24, 2.45) is 0 Å². The second kappa shape index (κ2) is 5.87. The Labute approximate surface area is 121 Å². The maximum atomic E-state index is 11.6. The lowest BCUT2D eigenvalue weighted by Crippen LogP contribution is -2.53. The number of carbonyl (C=O) groups is 1. The normalized spacial score (nSPS) is 17.3. The molecule has 1 aliphatic rings. The van der Waals surface area contributed by atoms with Gasteiger partial charge in [-0.3, -0.25) is 9.69 Å². The Morgan fingerprint density at radius 1 is 1.15 bits per heavy atom. The van der Waals surface area contributed by atoms with Gasteiger partial charge < -0.3 is 4.90 Å². The Bertz CT molecular complexity index is 456. The molecule has 0 atom stereocenters. The number of hydrogen-bond donors (Lipinski definition) is 0. The largest absolute Gasteiger partial charge is 0.338 e. The van der Waals surface area contributed by atoms with Crippen LogP contribution in [0.25, 0.3) is 0 Å². The number of ketones is 1. The average Bonchev–Trinajstić information content (AvgIpc) is 2.46. The number of hydrogen-bond acceptors (Lipinski definition) is 5. The van der Waals surface area contributed by atoms with Crippen LogP contribution in [0.5, 0.6) is 0 Å². The van der Waals surface area contributed by atoms with E-state index in [1.807, 2.05) is 6.92 Å². The highest BCUT2D eigenvalue weighted by atomic mass is 16.1. The third-order valence-electron chi connectivity index (χ3n) is 3.79. The molecular weight excluding hydrogens is 252 g/mol. The molecule has 20 heavy (non-hydrogen) atoms. The van der Waals surface area contributed by atoms with Crippen LogP contribution < -0.4 is 4.90 Å². The lowest BCUT2D eigenvalue weighted by molar-refractivity contribution is 0.0987. The van der Waals surface area contributed by atoms with Crippen LogP contribution in [0, 0.1) is 0 Å². The van der Waals surface area contributed by atoms with Crippen LogP contribution in [-0.2, 0) is 0 Å². The van der Waals surface area contributed by atoms with Gasteiger partial charge in [-0.05, 0) is 20.8 Å². The van der Waals surface area contributed by atoms with Gasteiger partial charge in [0.15, 0.2) is 5.78 Å². The average molecular weight is 276 g/mol. The minimum atomic E-state index is 0.0918. The van der Waals surface area contributed by atoms with Crippen molar-refractivity contribution in [3.63, 3.8) is 0 Å². The van der Waals surface area contributed by atoms with Crippen LogP contribution in [0.15, 0.2) is 12.4 Å². The SMILES string of the molecule is CCC(=O)c1cnc(N2CCN(C(C)(C)C)CC2)nc1. The van der Waals surface area contributed by atoms with E-state index in [4.69, 9.17) is 0 Å². The van der Waals surface area contributed by atoms with Crippen LogP contribution in [0.1, 0.15) is 44.5 Å². The van der Waals surface area contributed by atoms with Gasteiger partial charge >= 0.3 is 0 Å². The number of aromatic nitrogens is 2. The molecule has 1 aromatic rings. The van der Waals surface area contributed by atoms with Gasteiger partial charge in [0, 0.05) is 50.5 Å². The molecule has 5 nitrogen and oxygen atoms in total. The first kappa shape index (κ1) is 14.9. The van der Waals surface area contributed by atoms with Crippen LogP contribution in [0.4, 0.5) is 5.95 Å². The Kier molecular flexibility index (Phi) is 4.38. The van der Waals surface area contributed by atoms with Crippen molar-refractivity contribution in [2.45, 2.75) is 39.7 Å². The van der Waals surface area contributed by atoms with E-state index in [1.54, 1.807) is 12.4 Å². The first-order valence-corrected chi connectivity index (χ1v) is 7.27. The van der Waals surface area contributed by atoms with Crippen molar-refractivity contribution in [1.29, 1.82) is 0 Å². The third kappa shape index (κ3) is 3.33. The summed E-state index contributed by atoms with van der Waals surface area (Å²) in [5.41, 5.74) is 0.814. The molecule has 2 rings (SSSR count). The monoisotopic (exact) mass is 276 g/mol. The zero-order valence-corrected chi connectivity index (χ0v) is 12.9. The van der Waals surface area contributed by atoms with Gasteiger partial charge in [-0.25, -0.2) is 9.97 Å². The zero-order valence-electron chi connectivity index (χ0n) is 12.9. The van der Waals surface area contributed by atoms with Crippen LogP contribution >= 0.6 is 0 Å². The highest BCUT2D eigenvalue weighted by molar-refractivity contribution is 5.95. The summed E-state index contributed by atoms with van der Waals surface area (Å²) in [6.45, 7) is 12.5. The van der Waals surface area contributed by atoms with Gasteiger partial charge in [-0.1, -0.05) is 6.92 Å². The smallest absolute Gasteiger partial charge is 0.225 e. The molecule has 1 fully saturated rings. The first-order chi connectivity index (χ1) is 9.41. The fraction of sp³-hybridized carbons (Fsp3) is 0.667. The summed E-state index contributed by atoms with van der Waals surface area (Å²) in [6, 6.07) is 0.